The predicted molar refractivity (Wildman–Crippen MR) is 114 cm³/mol. The number of carbonyl (C=O) groups excluding carboxylic acids is 1. The molecule has 0 bridgehead atoms. The van der Waals surface area contributed by atoms with Crippen molar-refractivity contribution in [1.82, 2.24) is 5.32 Å². The summed E-state index contributed by atoms with van der Waals surface area (Å²) in [7, 11) is 0. The minimum absolute atomic E-state index is 0.00533. The van der Waals surface area contributed by atoms with Crippen LogP contribution in [0, 0.1) is 11.8 Å². The van der Waals surface area contributed by atoms with E-state index in [1.165, 1.54) is 5.56 Å². The van der Waals surface area contributed by atoms with Crippen LogP contribution in [0.3, 0.4) is 0 Å². The summed E-state index contributed by atoms with van der Waals surface area (Å²) >= 11 is 0. The van der Waals surface area contributed by atoms with Crippen LogP contribution in [-0.4, -0.2) is 34.9 Å². The summed E-state index contributed by atoms with van der Waals surface area (Å²) < 4.78 is 0. The first kappa shape index (κ1) is 22.4. The molecule has 1 fully saturated rings. The van der Waals surface area contributed by atoms with Gasteiger partial charge in [-0.25, -0.2) is 0 Å². The molecule has 1 amide bonds. The molecule has 1 aromatic carbocycles. The van der Waals surface area contributed by atoms with E-state index in [-0.39, 0.29) is 17.7 Å². The van der Waals surface area contributed by atoms with E-state index in [1.807, 2.05) is 13.0 Å². The summed E-state index contributed by atoms with van der Waals surface area (Å²) in [6.07, 6.45) is 12.9. The van der Waals surface area contributed by atoms with Crippen LogP contribution >= 0.6 is 0 Å². The first-order chi connectivity index (χ1) is 13.6. The van der Waals surface area contributed by atoms with E-state index in [2.05, 4.69) is 53.9 Å². The normalized spacial score (nSPS) is 25.0. The van der Waals surface area contributed by atoms with Crippen molar-refractivity contribution in [1.29, 1.82) is 0 Å². The molecule has 0 aliphatic heterocycles. The number of benzene rings is 1. The predicted octanol–water partition coefficient (Wildman–Crippen LogP) is 3.79. The second-order valence-electron chi connectivity index (χ2n) is 7.62. The molecule has 0 aromatic heterocycles. The number of allylic oxidation sites excluding steroid dienone is 3. The third kappa shape index (κ3) is 7.61. The Morgan fingerprint density at radius 2 is 1.89 bits per heavy atom. The summed E-state index contributed by atoms with van der Waals surface area (Å²) in [4.78, 5) is 11.4. The molecule has 154 valence electrons. The number of aryl methyl sites for hydroxylation is 1. The van der Waals surface area contributed by atoms with Crippen LogP contribution in [0.2, 0.25) is 0 Å². The summed E-state index contributed by atoms with van der Waals surface area (Å²) in [6.45, 7) is 2.60. The van der Waals surface area contributed by atoms with Gasteiger partial charge in [0.05, 0.1) is 12.2 Å². The summed E-state index contributed by atoms with van der Waals surface area (Å²) in [6, 6.07) is 10.4. The van der Waals surface area contributed by atoms with E-state index in [9.17, 15) is 15.0 Å². The molecule has 0 heterocycles. The van der Waals surface area contributed by atoms with Crippen molar-refractivity contribution in [3.8, 4) is 0 Å². The standard InChI is InChI=1S/C24H35NO3/c1-2-25-24(28)17-9-4-3-8-15-20-21(23(27)18-22(20)26)16-11-10-14-19-12-6-5-7-13-19/h3,5-8,11-13,16,20-23,26-27H,2,4,9-10,14-15,17-18H2,1H3,(H,25,28)/b8-3-,16-11+/t20-,21-,22+,23-/m1/s1. The van der Waals surface area contributed by atoms with Crippen LogP contribution in [0.25, 0.3) is 0 Å². The van der Waals surface area contributed by atoms with Gasteiger partial charge in [-0.1, -0.05) is 54.6 Å². The van der Waals surface area contributed by atoms with Crippen molar-refractivity contribution >= 4 is 5.91 Å². The molecule has 28 heavy (non-hydrogen) atoms. The minimum atomic E-state index is -0.473. The molecule has 3 N–H and O–H groups in total. The number of nitrogens with one attached hydrogen (secondary N) is 1. The van der Waals surface area contributed by atoms with E-state index < -0.39 is 12.2 Å². The number of hydrogen-bond donors (Lipinski definition) is 3. The third-order valence-corrected chi connectivity index (χ3v) is 5.44. The van der Waals surface area contributed by atoms with E-state index in [4.69, 9.17) is 0 Å². The van der Waals surface area contributed by atoms with Gasteiger partial charge < -0.3 is 15.5 Å². The van der Waals surface area contributed by atoms with Gasteiger partial charge in [0, 0.05) is 25.3 Å². The molecule has 1 aromatic rings. The van der Waals surface area contributed by atoms with Crippen molar-refractivity contribution in [2.75, 3.05) is 6.54 Å². The Bertz CT molecular complexity index is 626. The Morgan fingerprint density at radius 3 is 2.64 bits per heavy atom. The Morgan fingerprint density at radius 1 is 1.11 bits per heavy atom. The molecule has 0 radical (unpaired) electrons. The maximum absolute atomic E-state index is 11.4. The van der Waals surface area contributed by atoms with Gasteiger partial charge >= 0.3 is 0 Å². The molecular formula is C24H35NO3. The number of unbranched alkanes of at least 4 members (excludes halogenated alkanes) is 1. The fourth-order valence-electron chi connectivity index (χ4n) is 3.89. The van der Waals surface area contributed by atoms with Gasteiger partial charge in [-0.3, -0.25) is 4.79 Å². The average molecular weight is 386 g/mol. The van der Waals surface area contributed by atoms with Crippen LogP contribution in [0.1, 0.15) is 51.0 Å². The SMILES string of the molecule is CCNC(=O)CCC/C=C\C[C@@H]1[C@@H](/C=C/CCc2ccccc2)[C@H](O)C[C@@H]1O. The van der Waals surface area contributed by atoms with Gasteiger partial charge in [0.15, 0.2) is 0 Å². The maximum atomic E-state index is 11.4. The number of amides is 1. The van der Waals surface area contributed by atoms with E-state index in [1.54, 1.807) is 0 Å². The lowest BCUT2D eigenvalue weighted by atomic mass is 9.89. The summed E-state index contributed by atoms with van der Waals surface area (Å²) in [5.74, 6) is 0.166. The number of carbonyl (C=O) groups is 1. The van der Waals surface area contributed by atoms with Crippen molar-refractivity contribution in [2.45, 2.75) is 64.1 Å². The highest BCUT2D eigenvalue weighted by molar-refractivity contribution is 5.75. The quantitative estimate of drug-likeness (QED) is 0.401. The largest absolute Gasteiger partial charge is 0.393 e. The van der Waals surface area contributed by atoms with Gasteiger partial charge in [-0.05, 0) is 50.5 Å². The molecule has 1 saturated carbocycles. The molecule has 2 rings (SSSR count). The zero-order valence-corrected chi connectivity index (χ0v) is 17.0. The lowest BCUT2D eigenvalue weighted by Crippen LogP contribution is -2.21. The van der Waals surface area contributed by atoms with E-state index >= 15 is 0 Å². The lowest BCUT2D eigenvalue weighted by molar-refractivity contribution is -0.121. The van der Waals surface area contributed by atoms with Crippen molar-refractivity contribution in [3.63, 3.8) is 0 Å². The molecule has 0 saturated heterocycles. The fourth-order valence-corrected chi connectivity index (χ4v) is 3.89. The second-order valence-corrected chi connectivity index (χ2v) is 7.62. The monoisotopic (exact) mass is 385 g/mol. The van der Waals surface area contributed by atoms with Gasteiger partial charge in [-0.2, -0.15) is 0 Å². The smallest absolute Gasteiger partial charge is 0.219 e. The molecule has 1 aliphatic rings. The number of aliphatic hydroxyl groups is 2. The summed E-state index contributed by atoms with van der Waals surface area (Å²) in [5.41, 5.74) is 1.31. The highest BCUT2D eigenvalue weighted by atomic mass is 16.3. The van der Waals surface area contributed by atoms with E-state index in [0.717, 1.165) is 32.1 Å². The second kappa shape index (κ2) is 12.5. The van der Waals surface area contributed by atoms with Crippen molar-refractivity contribution in [2.24, 2.45) is 11.8 Å². The van der Waals surface area contributed by atoms with Crippen LogP contribution in [0.15, 0.2) is 54.6 Å². The lowest BCUT2D eigenvalue weighted by Gasteiger charge is -2.19. The molecule has 4 atom stereocenters. The average Bonchev–Trinajstić information content (AvgIpc) is 2.95. The molecule has 0 unspecified atom stereocenters. The van der Waals surface area contributed by atoms with Crippen LogP contribution < -0.4 is 5.32 Å². The van der Waals surface area contributed by atoms with Crippen molar-refractivity contribution in [3.05, 3.63) is 60.2 Å². The zero-order chi connectivity index (χ0) is 20.2. The fraction of sp³-hybridized carbons (Fsp3) is 0.542. The van der Waals surface area contributed by atoms with Gasteiger partial charge in [0.2, 0.25) is 5.91 Å². The number of rotatable bonds is 11. The van der Waals surface area contributed by atoms with Crippen LogP contribution in [0.5, 0.6) is 0 Å². The van der Waals surface area contributed by atoms with Gasteiger partial charge in [0.25, 0.3) is 0 Å². The Balaban J connectivity index is 1.75. The van der Waals surface area contributed by atoms with Crippen LogP contribution in [-0.2, 0) is 11.2 Å². The Hall–Kier alpha value is -1.91. The van der Waals surface area contributed by atoms with E-state index in [0.29, 0.717) is 19.4 Å². The van der Waals surface area contributed by atoms with Crippen LogP contribution in [0.4, 0.5) is 0 Å². The zero-order valence-electron chi connectivity index (χ0n) is 17.0. The Labute approximate surface area is 169 Å². The topological polar surface area (TPSA) is 69.6 Å². The minimum Gasteiger partial charge on any atom is -0.393 e. The highest BCUT2D eigenvalue weighted by Gasteiger charge is 2.39. The summed E-state index contributed by atoms with van der Waals surface area (Å²) in [5, 5.41) is 23.4. The Kier molecular flexibility index (Phi) is 10.0. The first-order valence-electron chi connectivity index (χ1n) is 10.6. The molecule has 0 spiro atoms. The molecular weight excluding hydrogens is 350 g/mol. The van der Waals surface area contributed by atoms with Gasteiger partial charge in [0.1, 0.15) is 0 Å². The third-order valence-electron chi connectivity index (χ3n) is 5.44. The molecule has 4 nitrogen and oxygen atoms in total. The number of hydrogen-bond acceptors (Lipinski definition) is 3. The number of aliphatic hydroxyl groups excluding tert-OH is 2. The first-order valence-corrected chi connectivity index (χ1v) is 10.6. The molecule has 1 aliphatic carbocycles. The highest BCUT2D eigenvalue weighted by Crippen LogP contribution is 2.36. The maximum Gasteiger partial charge on any atom is 0.219 e. The van der Waals surface area contributed by atoms with Crippen molar-refractivity contribution < 1.29 is 15.0 Å². The van der Waals surface area contributed by atoms with Gasteiger partial charge in [-0.15, -0.1) is 0 Å². The molecule has 4 heteroatoms.